The lowest BCUT2D eigenvalue weighted by Gasteiger charge is -2.26. The summed E-state index contributed by atoms with van der Waals surface area (Å²) in [7, 11) is 1.90. The molecule has 2 rings (SSSR count). The van der Waals surface area contributed by atoms with Crippen LogP contribution in [0.1, 0.15) is 38.4 Å². The van der Waals surface area contributed by atoms with Crippen molar-refractivity contribution >= 4 is 5.82 Å². The van der Waals surface area contributed by atoms with Crippen LogP contribution in [0, 0.1) is 0 Å². The summed E-state index contributed by atoms with van der Waals surface area (Å²) in [5.74, 6) is 0.751. The van der Waals surface area contributed by atoms with Gasteiger partial charge >= 0.3 is 0 Å². The number of aryl methyl sites for hydroxylation is 1. The van der Waals surface area contributed by atoms with Crippen molar-refractivity contribution in [3.05, 3.63) is 11.8 Å². The van der Waals surface area contributed by atoms with Crippen LogP contribution in [0.2, 0.25) is 0 Å². The second kappa shape index (κ2) is 3.85. The van der Waals surface area contributed by atoms with E-state index in [1.54, 1.807) is 4.68 Å². The Morgan fingerprint density at radius 3 is 2.80 bits per heavy atom. The molecule has 0 saturated carbocycles. The molecule has 1 atom stereocenters. The van der Waals surface area contributed by atoms with Gasteiger partial charge in [-0.3, -0.25) is 9.58 Å². The van der Waals surface area contributed by atoms with E-state index in [1.165, 1.54) is 19.4 Å². The highest BCUT2D eigenvalue weighted by Gasteiger charge is 2.29. The summed E-state index contributed by atoms with van der Waals surface area (Å²) in [5, 5.41) is 4.47. The van der Waals surface area contributed by atoms with Gasteiger partial charge in [-0.25, -0.2) is 0 Å². The van der Waals surface area contributed by atoms with Crippen molar-refractivity contribution in [3.63, 3.8) is 0 Å². The lowest BCUT2D eigenvalue weighted by atomic mass is 10.1. The first kappa shape index (κ1) is 10.5. The molecule has 1 unspecified atom stereocenters. The molecule has 84 valence electrons. The molecule has 1 aliphatic heterocycles. The Morgan fingerprint density at radius 2 is 2.27 bits per heavy atom. The van der Waals surface area contributed by atoms with Gasteiger partial charge in [-0.05, 0) is 33.2 Å². The van der Waals surface area contributed by atoms with Crippen LogP contribution in [-0.4, -0.2) is 27.3 Å². The van der Waals surface area contributed by atoms with Crippen LogP contribution in [0.4, 0.5) is 5.82 Å². The van der Waals surface area contributed by atoms with E-state index in [4.69, 9.17) is 5.73 Å². The fourth-order valence-electron chi connectivity index (χ4n) is 2.39. The molecule has 4 nitrogen and oxygen atoms in total. The van der Waals surface area contributed by atoms with Crippen molar-refractivity contribution in [2.75, 3.05) is 12.3 Å². The number of hydrogen-bond acceptors (Lipinski definition) is 3. The molecule has 0 bridgehead atoms. The molecule has 15 heavy (non-hydrogen) atoms. The van der Waals surface area contributed by atoms with Gasteiger partial charge < -0.3 is 5.73 Å². The van der Waals surface area contributed by atoms with Gasteiger partial charge in [0.2, 0.25) is 0 Å². The minimum Gasteiger partial charge on any atom is -0.384 e. The van der Waals surface area contributed by atoms with Crippen molar-refractivity contribution in [2.24, 2.45) is 7.05 Å². The molecule has 1 aliphatic rings. The molecule has 0 spiro atoms. The molecule has 1 saturated heterocycles. The van der Waals surface area contributed by atoms with Gasteiger partial charge in [0.05, 0.1) is 11.7 Å². The summed E-state index contributed by atoms with van der Waals surface area (Å²) in [5.41, 5.74) is 6.94. The number of likely N-dealkylation sites (tertiary alicyclic amines) is 1. The molecule has 0 radical (unpaired) electrons. The zero-order valence-electron chi connectivity index (χ0n) is 9.77. The van der Waals surface area contributed by atoms with Crippen LogP contribution in [0.3, 0.4) is 0 Å². The fourth-order valence-corrected chi connectivity index (χ4v) is 2.39. The maximum absolute atomic E-state index is 5.81. The second-order valence-electron chi connectivity index (χ2n) is 4.61. The van der Waals surface area contributed by atoms with Crippen molar-refractivity contribution in [1.82, 2.24) is 14.7 Å². The summed E-state index contributed by atoms with van der Waals surface area (Å²) in [6.07, 6.45) is 2.47. The highest BCUT2D eigenvalue weighted by molar-refractivity contribution is 5.32. The standard InChI is InChI=1S/C11H20N4/c1-8(2)15-6-4-5-10(15)9-7-11(12)14(3)13-9/h7-8,10H,4-6,12H2,1-3H3. The number of nitrogens with two attached hydrogens (primary N) is 1. The van der Waals surface area contributed by atoms with Gasteiger partial charge in [0.1, 0.15) is 5.82 Å². The van der Waals surface area contributed by atoms with E-state index >= 15 is 0 Å². The Kier molecular flexibility index (Phi) is 2.69. The van der Waals surface area contributed by atoms with Crippen LogP contribution >= 0.6 is 0 Å². The Bertz CT molecular complexity index is 323. The molecule has 1 aromatic heterocycles. The first-order chi connectivity index (χ1) is 7.09. The largest absolute Gasteiger partial charge is 0.384 e. The van der Waals surface area contributed by atoms with Crippen molar-refractivity contribution < 1.29 is 0 Å². The smallest absolute Gasteiger partial charge is 0.121 e. The normalized spacial score (nSPS) is 22.8. The predicted molar refractivity (Wildman–Crippen MR) is 61.4 cm³/mol. The first-order valence-corrected chi connectivity index (χ1v) is 5.64. The third-order valence-electron chi connectivity index (χ3n) is 3.23. The molecule has 1 fully saturated rings. The minimum atomic E-state index is 0.466. The monoisotopic (exact) mass is 208 g/mol. The highest BCUT2D eigenvalue weighted by atomic mass is 15.3. The summed E-state index contributed by atoms with van der Waals surface area (Å²) < 4.78 is 1.76. The zero-order chi connectivity index (χ0) is 11.0. The first-order valence-electron chi connectivity index (χ1n) is 5.64. The molecular formula is C11H20N4. The highest BCUT2D eigenvalue weighted by Crippen LogP contribution is 2.33. The Hall–Kier alpha value is -1.03. The Morgan fingerprint density at radius 1 is 1.53 bits per heavy atom. The molecule has 0 aromatic carbocycles. The SMILES string of the molecule is CC(C)N1CCCC1c1cc(N)n(C)n1. The van der Waals surface area contributed by atoms with Crippen LogP contribution in [-0.2, 0) is 7.05 Å². The molecule has 1 aromatic rings. The van der Waals surface area contributed by atoms with E-state index in [2.05, 4.69) is 23.8 Å². The molecular weight excluding hydrogens is 188 g/mol. The van der Waals surface area contributed by atoms with E-state index in [1.807, 2.05) is 13.1 Å². The van der Waals surface area contributed by atoms with E-state index < -0.39 is 0 Å². The summed E-state index contributed by atoms with van der Waals surface area (Å²) in [6, 6.07) is 3.06. The van der Waals surface area contributed by atoms with E-state index in [9.17, 15) is 0 Å². The average molecular weight is 208 g/mol. The fraction of sp³-hybridized carbons (Fsp3) is 0.727. The number of rotatable bonds is 2. The number of nitrogen functional groups attached to an aromatic ring is 1. The van der Waals surface area contributed by atoms with Gasteiger partial charge in [-0.2, -0.15) is 5.10 Å². The van der Waals surface area contributed by atoms with E-state index in [0.717, 1.165) is 11.5 Å². The molecule has 2 heterocycles. The number of anilines is 1. The third kappa shape index (κ3) is 1.86. The molecule has 0 amide bonds. The van der Waals surface area contributed by atoms with Crippen molar-refractivity contribution in [2.45, 2.75) is 38.8 Å². The third-order valence-corrected chi connectivity index (χ3v) is 3.23. The number of nitrogens with zero attached hydrogens (tertiary/aromatic N) is 3. The van der Waals surface area contributed by atoms with Gasteiger partial charge in [-0.15, -0.1) is 0 Å². The summed E-state index contributed by atoms with van der Waals surface area (Å²) >= 11 is 0. The minimum absolute atomic E-state index is 0.466. The topological polar surface area (TPSA) is 47.1 Å². The lowest BCUT2D eigenvalue weighted by Crippen LogP contribution is -2.30. The van der Waals surface area contributed by atoms with Gasteiger partial charge in [0, 0.05) is 19.2 Å². The summed E-state index contributed by atoms with van der Waals surface area (Å²) in [4.78, 5) is 2.50. The van der Waals surface area contributed by atoms with Gasteiger partial charge in [0.15, 0.2) is 0 Å². The van der Waals surface area contributed by atoms with Crippen LogP contribution in [0.5, 0.6) is 0 Å². The summed E-state index contributed by atoms with van der Waals surface area (Å²) in [6.45, 7) is 5.66. The average Bonchev–Trinajstić information content (AvgIpc) is 2.73. The molecule has 4 heteroatoms. The molecule has 2 N–H and O–H groups in total. The number of hydrogen-bond donors (Lipinski definition) is 1. The van der Waals surface area contributed by atoms with Crippen molar-refractivity contribution in [1.29, 1.82) is 0 Å². The Balaban J connectivity index is 2.22. The van der Waals surface area contributed by atoms with Gasteiger partial charge in [0.25, 0.3) is 0 Å². The molecule has 0 aliphatic carbocycles. The zero-order valence-corrected chi connectivity index (χ0v) is 9.77. The van der Waals surface area contributed by atoms with Crippen LogP contribution in [0.15, 0.2) is 6.07 Å². The van der Waals surface area contributed by atoms with E-state index in [0.29, 0.717) is 12.1 Å². The maximum atomic E-state index is 5.81. The second-order valence-corrected chi connectivity index (χ2v) is 4.61. The predicted octanol–water partition coefficient (Wildman–Crippen LogP) is 1.55. The van der Waals surface area contributed by atoms with Crippen LogP contribution in [0.25, 0.3) is 0 Å². The number of aromatic nitrogens is 2. The van der Waals surface area contributed by atoms with Gasteiger partial charge in [-0.1, -0.05) is 0 Å². The van der Waals surface area contributed by atoms with E-state index in [-0.39, 0.29) is 0 Å². The quantitative estimate of drug-likeness (QED) is 0.802. The van der Waals surface area contributed by atoms with Crippen LogP contribution < -0.4 is 5.73 Å². The maximum Gasteiger partial charge on any atom is 0.121 e. The Labute approximate surface area is 91.1 Å². The van der Waals surface area contributed by atoms with Crippen molar-refractivity contribution in [3.8, 4) is 0 Å². The lowest BCUT2D eigenvalue weighted by molar-refractivity contribution is 0.201.